The second kappa shape index (κ2) is 8.12. The lowest BCUT2D eigenvalue weighted by molar-refractivity contribution is -0.141. The Hall–Kier alpha value is -2.76. The molecule has 7 rings (SSSR count). The fourth-order valence-corrected chi connectivity index (χ4v) is 7.17. The zero-order chi connectivity index (χ0) is 26.3. The maximum Gasteiger partial charge on any atom is 0.434 e. The Kier molecular flexibility index (Phi) is 5.19. The van der Waals surface area contributed by atoms with Gasteiger partial charge in [-0.2, -0.15) is 13.2 Å². The molecule has 204 valence electrons. The summed E-state index contributed by atoms with van der Waals surface area (Å²) >= 11 is 0. The Labute approximate surface area is 218 Å². The Balaban J connectivity index is 0.839. The highest BCUT2D eigenvalue weighted by Gasteiger charge is 2.57. The summed E-state index contributed by atoms with van der Waals surface area (Å²) in [5, 5.41) is 18.6. The van der Waals surface area contributed by atoms with Gasteiger partial charge in [0.25, 0.3) is 0 Å². The van der Waals surface area contributed by atoms with Crippen molar-refractivity contribution >= 4 is 6.03 Å². The fourth-order valence-electron chi connectivity index (χ4n) is 7.17. The molecule has 5 fully saturated rings. The molecule has 2 N–H and O–H groups in total. The number of rotatable bonds is 4. The Morgan fingerprint density at radius 2 is 1.63 bits per heavy atom. The van der Waals surface area contributed by atoms with Crippen LogP contribution >= 0.6 is 0 Å². The number of aromatic amines is 1. The average molecular weight is 532 g/mol. The summed E-state index contributed by atoms with van der Waals surface area (Å²) < 4.78 is 38.1. The topological polar surface area (TPSA) is 111 Å². The third kappa shape index (κ3) is 4.15. The maximum absolute atomic E-state index is 13.0. The van der Waals surface area contributed by atoms with Crippen molar-refractivity contribution in [3.63, 3.8) is 0 Å². The first kappa shape index (κ1) is 24.3. The number of alkyl halides is 3. The zero-order valence-electron chi connectivity index (χ0n) is 21.2. The van der Waals surface area contributed by atoms with Crippen LogP contribution in [-0.2, 0) is 18.2 Å². The standard InChI is InChI=1S/C26H32F3N7O2/c27-26(28,29)19-11-30-18(10-31-19)7-16-1-3-23(4-2-16)12-35(13-23)22(37)36-14-24(15-36)8-17(9-24)20-32-21(34-33-20)25(38)5-6-25/h10-11,16-17,38H,1-9,12-15H2,(H,32,33,34). The van der Waals surface area contributed by atoms with Crippen LogP contribution in [0.15, 0.2) is 12.4 Å². The molecule has 9 nitrogen and oxygen atoms in total. The van der Waals surface area contributed by atoms with Crippen LogP contribution in [0.2, 0.25) is 0 Å². The lowest BCUT2D eigenvalue weighted by atomic mass is 9.57. The van der Waals surface area contributed by atoms with E-state index in [9.17, 15) is 23.1 Å². The van der Waals surface area contributed by atoms with Crippen molar-refractivity contribution < 1.29 is 23.1 Å². The molecule has 3 aliphatic carbocycles. The van der Waals surface area contributed by atoms with Gasteiger partial charge in [0.05, 0.1) is 11.9 Å². The number of carbonyl (C=O) groups excluding carboxylic acids is 1. The van der Waals surface area contributed by atoms with E-state index in [1.807, 2.05) is 9.80 Å². The molecule has 2 aromatic heterocycles. The molecule has 2 aromatic rings. The summed E-state index contributed by atoms with van der Waals surface area (Å²) in [7, 11) is 0. The van der Waals surface area contributed by atoms with E-state index >= 15 is 0 Å². The van der Waals surface area contributed by atoms with Gasteiger partial charge in [0.2, 0.25) is 0 Å². The number of aromatic nitrogens is 5. The molecule has 0 atom stereocenters. The molecule has 0 bridgehead atoms. The minimum Gasteiger partial charge on any atom is -0.382 e. The third-order valence-corrected chi connectivity index (χ3v) is 9.72. The summed E-state index contributed by atoms with van der Waals surface area (Å²) in [6.45, 7) is 3.20. The van der Waals surface area contributed by atoms with E-state index in [2.05, 4.69) is 25.1 Å². The van der Waals surface area contributed by atoms with E-state index in [1.165, 1.54) is 6.20 Å². The van der Waals surface area contributed by atoms with Crippen LogP contribution in [0.4, 0.5) is 18.0 Å². The largest absolute Gasteiger partial charge is 0.434 e. The summed E-state index contributed by atoms with van der Waals surface area (Å²) in [6, 6.07) is 0.143. The second-order valence-corrected chi connectivity index (χ2v) is 12.7. The molecule has 5 aliphatic rings. The van der Waals surface area contributed by atoms with Gasteiger partial charge in [-0.1, -0.05) is 0 Å². The number of carbonyl (C=O) groups is 1. The fraction of sp³-hybridized carbons (Fsp3) is 0.731. The lowest BCUT2D eigenvalue weighted by Gasteiger charge is -2.61. The number of urea groups is 1. The van der Waals surface area contributed by atoms with Crippen molar-refractivity contribution in [1.29, 1.82) is 0 Å². The number of nitrogens with zero attached hydrogens (tertiary/aromatic N) is 6. The molecule has 12 heteroatoms. The normalized spacial score (nSPS) is 25.7. The minimum absolute atomic E-state index is 0.143. The molecule has 2 spiro atoms. The Bertz CT molecular complexity index is 1210. The Morgan fingerprint density at radius 1 is 0.974 bits per heavy atom. The number of H-pyrrole nitrogens is 1. The summed E-state index contributed by atoms with van der Waals surface area (Å²) in [4.78, 5) is 27.7. The molecular weight excluding hydrogens is 499 g/mol. The first-order chi connectivity index (χ1) is 18.0. The number of nitrogens with one attached hydrogen (secondary N) is 1. The number of amides is 2. The van der Waals surface area contributed by atoms with Gasteiger partial charge < -0.3 is 19.9 Å². The van der Waals surface area contributed by atoms with Crippen molar-refractivity contribution in [2.45, 2.75) is 75.5 Å². The summed E-state index contributed by atoms with van der Waals surface area (Å²) in [5.41, 5.74) is -0.742. The monoisotopic (exact) mass is 531 g/mol. The van der Waals surface area contributed by atoms with Crippen LogP contribution in [0, 0.1) is 16.7 Å². The molecule has 0 unspecified atom stereocenters. The van der Waals surface area contributed by atoms with Crippen molar-refractivity contribution in [2.75, 3.05) is 26.2 Å². The number of hydrogen-bond donors (Lipinski definition) is 2. The predicted molar refractivity (Wildman–Crippen MR) is 128 cm³/mol. The highest BCUT2D eigenvalue weighted by molar-refractivity contribution is 5.76. The average Bonchev–Trinajstić information content (AvgIpc) is 3.36. The SMILES string of the molecule is O=C(N1CC2(CCC(Cc3cnc(C(F)(F)F)cn3)CC2)C1)N1CC2(CC(c3nnc(C4(O)CC4)[nH]3)C2)C1. The van der Waals surface area contributed by atoms with E-state index in [4.69, 9.17) is 0 Å². The quantitative estimate of drug-likeness (QED) is 0.624. The van der Waals surface area contributed by atoms with Crippen molar-refractivity contribution in [1.82, 2.24) is 34.9 Å². The van der Waals surface area contributed by atoms with Crippen molar-refractivity contribution in [2.24, 2.45) is 16.7 Å². The molecule has 0 aromatic carbocycles. The van der Waals surface area contributed by atoms with Crippen LogP contribution in [0.1, 0.15) is 80.3 Å². The first-order valence-electron chi connectivity index (χ1n) is 13.6. The van der Waals surface area contributed by atoms with E-state index < -0.39 is 17.5 Å². The number of aliphatic hydroxyl groups is 1. The molecule has 2 aliphatic heterocycles. The highest BCUT2D eigenvalue weighted by Crippen LogP contribution is 2.56. The molecule has 2 saturated heterocycles. The van der Waals surface area contributed by atoms with Gasteiger partial charge in [-0.3, -0.25) is 4.98 Å². The van der Waals surface area contributed by atoms with Gasteiger partial charge >= 0.3 is 12.2 Å². The van der Waals surface area contributed by atoms with Crippen LogP contribution in [-0.4, -0.2) is 72.3 Å². The van der Waals surface area contributed by atoms with E-state index in [-0.39, 0.29) is 16.9 Å². The molecule has 0 radical (unpaired) electrons. The smallest absolute Gasteiger partial charge is 0.382 e. The Morgan fingerprint density at radius 3 is 2.21 bits per heavy atom. The number of hydrogen-bond acceptors (Lipinski definition) is 6. The maximum atomic E-state index is 13.0. The van der Waals surface area contributed by atoms with Gasteiger partial charge in [0.15, 0.2) is 11.5 Å². The highest BCUT2D eigenvalue weighted by atomic mass is 19.4. The van der Waals surface area contributed by atoms with Gasteiger partial charge in [0, 0.05) is 49.1 Å². The van der Waals surface area contributed by atoms with Crippen molar-refractivity contribution in [3.05, 3.63) is 35.4 Å². The molecule has 2 amide bonds. The van der Waals surface area contributed by atoms with Gasteiger partial charge in [-0.25, -0.2) is 9.78 Å². The van der Waals surface area contributed by atoms with Gasteiger partial charge in [-0.05, 0) is 63.7 Å². The van der Waals surface area contributed by atoms with Crippen molar-refractivity contribution in [3.8, 4) is 0 Å². The molecular formula is C26H32F3N7O2. The van der Waals surface area contributed by atoms with Crippen LogP contribution in [0.25, 0.3) is 0 Å². The van der Waals surface area contributed by atoms with Crippen LogP contribution in [0.5, 0.6) is 0 Å². The summed E-state index contributed by atoms with van der Waals surface area (Å²) in [6.07, 6.45) is 5.81. The van der Waals surface area contributed by atoms with Gasteiger partial charge in [0.1, 0.15) is 11.4 Å². The van der Waals surface area contributed by atoms with Crippen LogP contribution < -0.4 is 0 Å². The predicted octanol–water partition coefficient (Wildman–Crippen LogP) is 3.63. The molecule has 38 heavy (non-hydrogen) atoms. The zero-order valence-corrected chi connectivity index (χ0v) is 21.2. The van der Waals surface area contributed by atoms with E-state index in [1.54, 1.807) is 0 Å². The third-order valence-electron chi connectivity index (χ3n) is 9.72. The van der Waals surface area contributed by atoms with E-state index in [0.717, 1.165) is 89.6 Å². The van der Waals surface area contributed by atoms with Crippen LogP contribution in [0.3, 0.4) is 0 Å². The van der Waals surface area contributed by atoms with E-state index in [0.29, 0.717) is 29.8 Å². The molecule has 4 heterocycles. The minimum atomic E-state index is -4.46. The first-order valence-corrected chi connectivity index (χ1v) is 13.6. The summed E-state index contributed by atoms with van der Waals surface area (Å²) in [5.74, 6) is 2.17. The second-order valence-electron chi connectivity index (χ2n) is 12.7. The number of halogens is 3. The lowest BCUT2D eigenvalue weighted by Crippen LogP contribution is -2.69. The number of likely N-dealkylation sites (tertiary alicyclic amines) is 2. The molecule has 3 saturated carbocycles. The van der Waals surface area contributed by atoms with Gasteiger partial charge in [-0.15, -0.1) is 10.2 Å².